The highest BCUT2D eigenvalue weighted by atomic mass is 19.2. The third-order valence-corrected chi connectivity index (χ3v) is 6.95. The molecule has 4 aromatic carbocycles. The van der Waals surface area contributed by atoms with Crippen molar-refractivity contribution in [2.24, 2.45) is 0 Å². The van der Waals surface area contributed by atoms with E-state index in [2.05, 4.69) is 9.31 Å². The zero-order chi connectivity index (χ0) is 38.5. The maximum Gasteiger partial charge on any atom is 0.569 e. The Labute approximate surface area is 265 Å². The standard InChI is InChI=1S/C27BF21O2/c29-6-1(2-7(30)14(37)19(42)15(38)8(2)31)5(12(35)18(41)13(6)36)28(50-25-23(46)21(44)20(43)22(45)24(25)47)51-27(49)4-3(10(33)26(27)48)9(32)16(39)17(40)11(4)34. The van der Waals surface area contributed by atoms with Gasteiger partial charge in [0.15, 0.2) is 81.4 Å². The van der Waals surface area contributed by atoms with Crippen LogP contribution in [0.3, 0.4) is 0 Å². The topological polar surface area (TPSA) is 18.5 Å². The number of hydrogen-bond donors (Lipinski definition) is 0. The molecule has 2 nitrogen and oxygen atoms in total. The van der Waals surface area contributed by atoms with Crippen molar-refractivity contribution in [1.29, 1.82) is 0 Å². The lowest BCUT2D eigenvalue weighted by Crippen LogP contribution is -2.49. The highest BCUT2D eigenvalue weighted by Crippen LogP contribution is 2.53. The highest BCUT2D eigenvalue weighted by molar-refractivity contribution is 6.64. The smallest absolute Gasteiger partial charge is 0.528 e. The minimum Gasteiger partial charge on any atom is -0.528 e. The molecule has 4 aromatic rings. The molecule has 1 unspecified atom stereocenters. The van der Waals surface area contributed by atoms with Crippen LogP contribution >= 0.6 is 0 Å². The predicted octanol–water partition coefficient (Wildman–Crippen LogP) is 9.09. The fraction of sp³-hybridized carbons (Fsp3) is 0.0370. The Kier molecular flexibility index (Phi) is 9.00. The molecule has 1 atom stereocenters. The van der Waals surface area contributed by atoms with E-state index >= 15 is 17.6 Å². The Balaban J connectivity index is 1.96. The molecule has 0 aliphatic heterocycles. The Morgan fingerprint density at radius 2 is 0.686 bits per heavy atom. The number of halogens is 21. The Hall–Kier alpha value is -5.03. The number of hydrogen-bond acceptors (Lipinski definition) is 2. The average molecular weight is 766 g/mol. The molecule has 1 aliphatic carbocycles. The largest absolute Gasteiger partial charge is 0.569 e. The molecule has 24 heteroatoms. The van der Waals surface area contributed by atoms with Gasteiger partial charge >= 0.3 is 7.12 Å². The molecule has 0 saturated carbocycles. The average Bonchev–Trinajstić information content (AvgIpc) is 3.29. The van der Waals surface area contributed by atoms with Gasteiger partial charge in [-0.05, 0) is 0 Å². The normalized spacial score (nSPS) is 15.6. The summed E-state index contributed by atoms with van der Waals surface area (Å²) >= 11 is 0. The van der Waals surface area contributed by atoms with Gasteiger partial charge in [0.05, 0.1) is 16.7 Å². The van der Waals surface area contributed by atoms with Gasteiger partial charge in [-0.15, -0.1) is 0 Å². The third-order valence-electron chi connectivity index (χ3n) is 6.95. The van der Waals surface area contributed by atoms with Crippen LogP contribution in [0.1, 0.15) is 11.1 Å². The van der Waals surface area contributed by atoms with Gasteiger partial charge < -0.3 is 9.31 Å². The first-order valence-corrected chi connectivity index (χ1v) is 12.4. The van der Waals surface area contributed by atoms with Gasteiger partial charge in [-0.2, -0.15) is 13.2 Å². The Morgan fingerprint density at radius 1 is 0.353 bits per heavy atom. The van der Waals surface area contributed by atoms with Crippen LogP contribution in [0.15, 0.2) is 5.83 Å². The van der Waals surface area contributed by atoms with Crippen LogP contribution in [0, 0.1) is 105 Å². The quantitative estimate of drug-likeness (QED) is 0.0845. The minimum atomic E-state index is -5.67. The lowest BCUT2D eigenvalue weighted by molar-refractivity contribution is -0.0623. The van der Waals surface area contributed by atoms with Gasteiger partial charge in [-0.3, -0.25) is 0 Å². The molecule has 51 heavy (non-hydrogen) atoms. The molecule has 0 N–H and O–H groups in total. The van der Waals surface area contributed by atoms with Crippen LogP contribution in [-0.2, 0) is 10.5 Å². The van der Waals surface area contributed by atoms with E-state index in [1.54, 1.807) is 0 Å². The summed E-state index contributed by atoms with van der Waals surface area (Å²) in [5.74, 6) is -73.0. The molecule has 5 rings (SSSR count). The zero-order valence-corrected chi connectivity index (χ0v) is 22.8. The summed E-state index contributed by atoms with van der Waals surface area (Å²) in [6.45, 7) is 0. The lowest BCUT2D eigenvalue weighted by atomic mass is 9.72. The summed E-state index contributed by atoms with van der Waals surface area (Å²) in [6.07, 6.45) is 0. The minimum absolute atomic E-state index is 2.61. The Bertz CT molecular complexity index is 2200. The lowest BCUT2D eigenvalue weighted by Gasteiger charge is -2.28. The molecular formula is C27BF21O2. The van der Waals surface area contributed by atoms with E-state index in [-0.39, 0.29) is 0 Å². The molecule has 0 spiro atoms. The number of alkyl halides is 1. The monoisotopic (exact) mass is 766 g/mol. The first kappa shape index (κ1) is 37.2. The second-order valence-corrected chi connectivity index (χ2v) is 9.69. The first-order chi connectivity index (χ1) is 23.5. The molecule has 0 bridgehead atoms. The van der Waals surface area contributed by atoms with Crippen molar-refractivity contribution in [1.82, 2.24) is 0 Å². The fourth-order valence-electron chi connectivity index (χ4n) is 4.63. The van der Waals surface area contributed by atoms with E-state index in [1.165, 1.54) is 0 Å². The van der Waals surface area contributed by atoms with Gasteiger partial charge in [0, 0.05) is 11.0 Å². The van der Waals surface area contributed by atoms with Gasteiger partial charge in [-0.1, -0.05) is 0 Å². The van der Waals surface area contributed by atoms with E-state index < -0.39 is 163 Å². The predicted molar refractivity (Wildman–Crippen MR) is 123 cm³/mol. The summed E-state index contributed by atoms with van der Waals surface area (Å²) in [4.78, 5) is 0. The number of fused-ring (bicyclic) bond motifs is 1. The van der Waals surface area contributed by atoms with Gasteiger partial charge in [0.25, 0.3) is 5.85 Å². The van der Waals surface area contributed by atoms with Crippen molar-refractivity contribution in [3.63, 3.8) is 0 Å². The molecule has 0 amide bonds. The fourth-order valence-corrected chi connectivity index (χ4v) is 4.63. The van der Waals surface area contributed by atoms with Crippen LogP contribution in [0.4, 0.5) is 92.2 Å². The van der Waals surface area contributed by atoms with E-state index in [4.69, 9.17) is 0 Å². The summed E-state index contributed by atoms with van der Waals surface area (Å²) in [5.41, 5.74) is -14.5. The van der Waals surface area contributed by atoms with Crippen molar-refractivity contribution in [3.05, 3.63) is 122 Å². The summed E-state index contributed by atoms with van der Waals surface area (Å²) < 4.78 is 313. The molecule has 270 valence electrons. The zero-order valence-electron chi connectivity index (χ0n) is 22.8. The van der Waals surface area contributed by atoms with Crippen LogP contribution in [0.2, 0.25) is 0 Å². The third kappa shape index (κ3) is 5.07. The van der Waals surface area contributed by atoms with Crippen molar-refractivity contribution in [2.75, 3.05) is 0 Å². The van der Waals surface area contributed by atoms with E-state index in [0.717, 1.165) is 0 Å². The van der Waals surface area contributed by atoms with E-state index in [0.29, 0.717) is 0 Å². The van der Waals surface area contributed by atoms with Crippen LogP contribution in [0.5, 0.6) is 5.75 Å². The second-order valence-electron chi connectivity index (χ2n) is 9.69. The SMILES string of the molecule is FC1=C(F)C(F)(OB(Oc2c(F)c(F)c(F)c(F)c2F)c2c(F)c(F)c(F)c(F)c2-c2c(F)c(F)c(F)c(F)c2F)c2c(F)c(F)c(F)c(F)c21. The van der Waals surface area contributed by atoms with Crippen LogP contribution in [-0.4, -0.2) is 7.12 Å². The van der Waals surface area contributed by atoms with Gasteiger partial charge in [0.1, 0.15) is 0 Å². The van der Waals surface area contributed by atoms with Crippen molar-refractivity contribution < 1.29 is 102 Å². The molecule has 1 aliphatic rings. The summed E-state index contributed by atoms with van der Waals surface area (Å²) in [7, 11) is -4.60. The summed E-state index contributed by atoms with van der Waals surface area (Å²) in [5, 5.41) is 0. The molecule has 0 saturated heterocycles. The number of rotatable bonds is 6. The van der Waals surface area contributed by atoms with Crippen molar-refractivity contribution in [3.8, 4) is 16.9 Å². The Morgan fingerprint density at radius 3 is 1.14 bits per heavy atom. The molecule has 0 aromatic heterocycles. The van der Waals surface area contributed by atoms with Gasteiger partial charge in [0.2, 0.25) is 40.7 Å². The van der Waals surface area contributed by atoms with Gasteiger partial charge in [-0.25, -0.2) is 79.0 Å². The van der Waals surface area contributed by atoms with E-state index in [1.807, 2.05) is 0 Å². The maximum atomic E-state index is 16.3. The highest BCUT2D eigenvalue weighted by Gasteiger charge is 2.58. The molecule has 0 radical (unpaired) electrons. The first-order valence-electron chi connectivity index (χ1n) is 12.4. The molecular weight excluding hydrogens is 766 g/mol. The summed E-state index contributed by atoms with van der Waals surface area (Å²) in [6, 6.07) is 0. The maximum absolute atomic E-state index is 16.3. The van der Waals surface area contributed by atoms with E-state index in [9.17, 15) is 74.6 Å². The molecule has 0 heterocycles. The second kappa shape index (κ2) is 12.3. The molecule has 0 fully saturated rings. The van der Waals surface area contributed by atoms with Crippen LogP contribution < -0.4 is 10.1 Å². The van der Waals surface area contributed by atoms with Crippen LogP contribution in [0.25, 0.3) is 17.0 Å². The van der Waals surface area contributed by atoms with Crippen molar-refractivity contribution >= 4 is 18.4 Å². The number of benzene rings is 4. The van der Waals surface area contributed by atoms with Crippen molar-refractivity contribution in [2.45, 2.75) is 5.85 Å².